The minimum atomic E-state index is -0.294. The van der Waals surface area contributed by atoms with Gasteiger partial charge in [0.1, 0.15) is 5.82 Å². The lowest BCUT2D eigenvalue weighted by Gasteiger charge is -2.36. The number of urea groups is 1. The predicted molar refractivity (Wildman–Crippen MR) is 115 cm³/mol. The van der Waals surface area contributed by atoms with Crippen molar-refractivity contribution in [3.63, 3.8) is 0 Å². The summed E-state index contributed by atoms with van der Waals surface area (Å²) in [7, 11) is 0. The van der Waals surface area contributed by atoms with Crippen LogP contribution in [0.5, 0.6) is 0 Å². The Labute approximate surface area is 177 Å². The van der Waals surface area contributed by atoms with Gasteiger partial charge in [0.2, 0.25) is 0 Å². The van der Waals surface area contributed by atoms with E-state index in [0.29, 0.717) is 24.2 Å². The zero-order valence-corrected chi connectivity index (χ0v) is 17.4. The molecule has 0 aromatic heterocycles. The maximum absolute atomic E-state index is 14.0. The highest BCUT2D eigenvalue weighted by Gasteiger charge is 2.28. The first-order valence-corrected chi connectivity index (χ1v) is 10.8. The number of carbonyl (C=O) groups excluding carboxylic acids is 2. The van der Waals surface area contributed by atoms with Gasteiger partial charge in [0.15, 0.2) is 0 Å². The molecular weight excluding hydrogens is 381 g/mol. The average Bonchev–Trinajstić information content (AvgIpc) is 2.77. The van der Waals surface area contributed by atoms with Crippen molar-refractivity contribution in [3.8, 4) is 0 Å². The fraction of sp³-hybridized carbons (Fsp3) is 0.417. The summed E-state index contributed by atoms with van der Waals surface area (Å²) in [6, 6.07) is 14.0. The van der Waals surface area contributed by atoms with Gasteiger partial charge in [-0.1, -0.05) is 18.2 Å². The number of amides is 3. The molecule has 5 nitrogen and oxygen atoms in total. The van der Waals surface area contributed by atoms with Gasteiger partial charge in [-0.05, 0) is 62.9 Å². The van der Waals surface area contributed by atoms with E-state index in [4.69, 9.17) is 0 Å². The average molecular weight is 410 g/mol. The van der Waals surface area contributed by atoms with Crippen molar-refractivity contribution in [2.45, 2.75) is 45.2 Å². The van der Waals surface area contributed by atoms with Crippen molar-refractivity contribution < 1.29 is 14.0 Å². The van der Waals surface area contributed by atoms with Crippen molar-refractivity contribution in [3.05, 3.63) is 65.5 Å². The normalized spacial score (nSPS) is 19.9. The number of piperidine rings is 1. The van der Waals surface area contributed by atoms with E-state index in [1.165, 1.54) is 12.5 Å². The van der Waals surface area contributed by atoms with Crippen LogP contribution in [0.4, 0.5) is 14.9 Å². The van der Waals surface area contributed by atoms with Gasteiger partial charge >= 0.3 is 6.03 Å². The molecule has 0 bridgehead atoms. The van der Waals surface area contributed by atoms with Crippen LogP contribution in [0.1, 0.15) is 48.5 Å². The van der Waals surface area contributed by atoms with E-state index in [2.05, 4.69) is 6.92 Å². The molecule has 0 aliphatic carbocycles. The Hall–Kier alpha value is -2.89. The molecule has 158 valence electrons. The molecule has 2 fully saturated rings. The highest BCUT2D eigenvalue weighted by molar-refractivity contribution is 5.96. The topological polar surface area (TPSA) is 43.9 Å². The van der Waals surface area contributed by atoms with Gasteiger partial charge in [-0.15, -0.1) is 0 Å². The minimum Gasteiger partial charge on any atom is -0.336 e. The molecule has 2 heterocycles. The van der Waals surface area contributed by atoms with E-state index < -0.39 is 0 Å². The van der Waals surface area contributed by atoms with E-state index in [-0.39, 0.29) is 30.3 Å². The second-order valence-corrected chi connectivity index (χ2v) is 8.19. The highest BCUT2D eigenvalue weighted by Crippen LogP contribution is 2.24. The quantitative estimate of drug-likeness (QED) is 0.736. The summed E-state index contributed by atoms with van der Waals surface area (Å²) in [4.78, 5) is 31.2. The van der Waals surface area contributed by atoms with Crippen LogP contribution >= 0.6 is 0 Å². The maximum atomic E-state index is 14.0. The van der Waals surface area contributed by atoms with E-state index in [0.717, 1.165) is 31.5 Å². The van der Waals surface area contributed by atoms with Crippen LogP contribution < -0.4 is 4.90 Å². The van der Waals surface area contributed by atoms with E-state index in [1.54, 1.807) is 28.0 Å². The summed E-state index contributed by atoms with van der Waals surface area (Å²) in [6.07, 6.45) is 4.08. The third-order valence-corrected chi connectivity index (χ3v) is 6.12. The fourth-order valence-corrected chi connectivity index (χ4v) is 4.35. The molecule has 2 aliphatic rings. The van der Waals surface area contributed by atoms with Crippen LogP contribution in [0.25, 0.3) is 0 Å². The molecule has 0 saturated carbocycles. The molecule has 0 unspecified atom stereocenters. The van der Waals surface area contributed by atoms with Gasteiger partial charge in [-0.25, -0.2) is 9.18 Å². The van der Waals surface area contributed by atoms with Crippen LogP contribution in [0.3, 0.4) is 0 Å². The molecule has 2 saturated heterocycles. The van der Waals surface area contributed by atoms with Crippen molar-refractivity contribution in [2.24, 2.45) is 0 Å². The lowest BCUT2D eigenvalue weighted by Crippen LogP contribution is -2.49. The molecule has 2 aromatic carbocycles. The fourth-order valence-electron chi connectivity index (χ4n) is 4.35. The lowest BCUT2D eigenvalue weighted by molar-refractivity contribution is 0.0635. The second kappa shape index (κ2) is 8.86. The number of anilines is 1. The molecule has 2 aliphatic heterocycles. The molecular formula is C24H28FN3O2. The van der Waals surface area contributed by atoms with Crippen LogP contribution in [-0.4, -0.2) is 47.4 Å². The summed E-state index contributed by atoms with van der Waals surface area (Å²) in [5, 5.41) is 0. The highest BCUT2D eigenvalue weighted by atomic mass is 19.1. The number of benzene rings is 2. The zero-order chi connectivity index (χ0) is 21.1. The number of nitrogens with zero attached hydrogens (tertiary/aromatic N) is 3. The monoisotopic (exact) mass is 409 g/mol. The SMILES string of the molecule is C[C@H]1CCCCN1C(=O)c1ccc(N2CCCN(Cc3ccccc3F)C2=O)cc1. The van der Waals surface area contributed by atoms with Crippen LogP contribution in [-0.2, 0) is 6.54 Å². The van der Waals surface area contributed by atoms with E-state index >= 15 is 0 Å². The van der Waals surface area contributed by atoms with Gasteiger partial charge < -0.3 is 9.80 Å². The molecule has 4 rings (SSSR count). The van der Waals surface area contributed by atoms with Crippen molar-refractivity contribution >= 4 is 17.6 Å². The Balaban J connectivity index is 1.46. The number of carbonyl (C=O) groups is 2. The number of likely N-dealkylation sites (tertiary alicyclic amines) is 1. The Morgan fingerprint density at radius 3 is 2.50 bits per heavy atom. The van der Waals surface area contributed by atoms with Crippen LogP contribution in [0.15, 0.2) is 48.5 Å². The first-order chi connectivity index (χ1) is 14.5. The molecule has 6 heteroatoms. The van der Waals surface area contributed by atoms with E-state index in [9.17, 15) is 14.0 Å². The first kappa shape index (κ1) is 20.4. The molecule has 3 amide bonds. The van der Waals surface area contributed by atoms with E-state index in [1.807, 2.05) is 29.2 Å². The number of rotatable bonds is 4. The molecule has 0 N–H and O–H groups in total. The number of halogens is 1. The molecule has 2 aromatic rings. The van der Waals surface area contributed by atoms with Gasteiger partial charge in [-0.2, -0.15) is 0 Å². The van der Waals surface area contributed by atoms with Crippen LogP contribution in [0, 0.1) is 5.82 Å². The van der Waals surface area contributed by atoms with Gasteiger partial charge in [0.05, 0.1) is 6.54 Å². The third kappa shape index (κ3) is 4.18. The minimum absolute atomic E-state index is 0.0555. The Bertz CT molecular complexity index is 915. The Morgan fingerprint density at radius 1 is 1.00 bits per heavy atom. The first-order valence-electron chi connectivity index (χ1n) is 10.8. The predicted octanol–water partition coefficient (Wildman–Crippen LogP) is 4.67. The standard InChI is InChI=1S/C24H28FN3O2/c1-18-7-4-5-15-27(18)23(29)19-10-12-21(13-11-19)28-16-6-14-26(24(28)30)17-20-8-2-3-9-22(20)25/h2-3,8-13,18H,4-7,14-17H2,1H3/t18-/m0/s1. The molecule has 1 atom stereocenters. The van der Waals surface area contributed by atoms with Crippen LogP contribution in [0.2, 0.25) is 0 Å². The Morgan fingerprint density at radius 2 is 1.77 bits per heavy atom. The summed E-state index contributed by atoms with van der Waals surface area (Å²) < 4.78 is 14.0. The number of hydrogen-bond acceptors (Lipinski definition) is 2. The molecule has 30 heavy (non-hydrogen) atoms. The number of hydrogen-bond donors (Lipinski definition) is 0. The van der Waals surface area contributed by atoms with Crippen molar-refractivity contribution in [1.29, 1.82) is 0 Å². The van der Waals surface area contributed by atoms with Crippen molar-refractivity contribution in [2.75, 3.05) is 24.5 Å². The summed E-state index contributed by atoms with van der Waals surface area (Å²) >= 11 is 0. The second-order valence-electron chi connectivity index (χ2n) is 8.19. The zero-order valence-electron chi connectivity index (χ0n) is 17.4. The summed E-state index contributed by atoms with van der Waals surface area (Å²) in [6.45, 7) is 4.38. The van der Waals surface area contributed by atoms with Gasteiger partial charge in [0, 0.05) is 42.5 Å². The molecule has 0 spiro atoms. The largest absolute Gasteiger partial charge is 0.336 e. The lowest BCUT2D eigenvalue weighted by atomic mass is 10.0. The third-order valence-electron chi connectivity index (χ3n) is 6.12. The summed E-state index contributed by atoms with van der Waals surface area (Å²) in [5.41, 5.74) is 1.94. The van der Waals surface area contributed by atoms with Gasteiger partial charge in [-0.3, -0.25) is 9.69 Å². The van der Waals surface area contributed by atoms with Gasteiger partial charge in [0.25, 0.3) is 5.91 Å². The summed E-state index contributed by atoms with van der Waals surface area (Å²) in [5.74, 6) is -0.239. The molecule has 0 radical (unpaired) electrons. The van der Waals surface area contributed by atoms with Crippen molar-refractivity contribution in [1.82, 2.24) is 9.80 Å². The Kier molecular flexibility index (Phi) is 6.02. The maximum Gasteiger partial charge on any atom is 0.324 e. The smallest absolute Gasteiger partial charge is 0.324 e.